The molecule has 2 amide bonds. The molecule has 1 saturated carbocycles. The second-order valence-corrected chi connectivity index (χ2v) is 19.6. The molecule has 8 rings (SSSR count). The van der Waals surface area contributed by atoms with Gasteiger partial charge in [0.2, 0.25) is 5.91 Å². The van der Waals surface area contributed by atoms with Gasteiger partial charge in [0.1, 0.15) is 12.1 Å². The molecule has 6 bridgehead atoms. The van der Waals surface area contributed by atoms with E-state index in [2.05, 4.69) is 103 Å². The smallest absolute Gasteiger partial charge is 0.324 e. The molecule has 6 atom stereocenters. The maximum Gasteiger partial charge on any atom is 0.324 e. The minimum Gasteiger partial charge on any atom is -0.464 e. The highest BCUT2D eigenvalue weighted by molar-refractivity contribution is 7.10. The largest absolute Gasteiger partial charge is 0.464 e. The fourth-order valence-corrected chi connectivity index (χ4v) is 10.2. The molecule has 1 unspecified atom stereocenters. The fraction of sp³-hybridized carbons (Fsp3) is 0.562. The Morgan fingerprint density at radius 2 is 1.90 bits per heavy atom. The third-order valence-corrected chi connectivity index (χ3v) is 14.4. The molecular weight excluding hydrogens is 801 g/mol. The first-order chi connectivity index (χ1) is 29.7. The average Bonchev–Trinajstić information content (AvgIpc) is 3.53. The number of carbonyl (C=O) groups is 3. The molecule has 4 aliphatic rings. The number of aromatic nitrogens is 3. The molecule has 2 N–H and O–H groups in total. The van der Waals surface area contributed by atoms with Crippen LogP contribution in [0.25, 0.3) is 33.4 Å². The summed E-state index contributed by atoms with van der Waals surface area (Å²) in [4.78, 5) is 56.4. The van der Waals surface area contributed by atoms with E-state index in [1.54, 1.807) is 7.11 Å². The van der Waals surface area contributed by atoms with Gasteiger partial charge in [0, 0.05) is 103 Å². The number of benzene rings is 1. The number of thiazole rings is 1. The van der Waals surface area contributed by atoms with E-state index in [-0.39, 0.29) is 48.7 Å². The zero-order chi connectivity index (χ0) is 43.9. The maximum absolute atomic E-state index is 14.2. The van der Waals surface area contributed by atoms with Gasteiger partial charge < -0.3 is 24.3 Å². The van der Waals surface area contributed by atoms with Crippen LogP contribution in [0, 0.1) is 35.0 Å². The monoisotopic (exact) mass is 862 g/mol. The van der Waals surface area contributed by atoms with Gasteiger partial charge in [-0.2, -0.15) is 0 Å². The molecular formula is C48H62N8O5S. The van der Waals surface area contributed by atoms with Gasteiger partial charge in [-0.1, -0.05) is 45.6 Å². The van der Waals surface area contributed by atoms with Crippen LogP contribution in [0.3, 0.4) is 0 Å². The fourth-order valence-electron chi connectivity index (χ4n) is 9.35. The molecule has 2 saturated heterocycles. The number of fused-ring (bicyclic) bond motifs is 6. The predicted molar refractivity (Wildman–Crippen MR) is 242 cm³/mol. The maximum atomic E-state index is 14.2. The molecule has 1 aromatic carbocycles. The topological polar surface area (TPSA) is 134 Å². The summed E-state index contributed by atoms with van der Waals surface area (Å²) in [6, 6.07) is 7.13. The molecule has 3 fully saturated rings. The lowest BCUT2D eigenvalue weighted by molar-refractivity contribution is -0.155. The predicted octanol–water partition coefficient (Wildman–Crippen LogP) is 5.70. The van der Waals surface area contributed by atoms with Crippen LogP contribution in [0.5, 0.6) is 0 Å². The van der Waals surface area contributed by atoms with Crippen LogP contribution < -0.4 is 10.7 Å². The number of methoxy groups -OCH3 is 1. The summed E-state index contributed by atoms with van der Waals surface area (Å²) in [6.45, 7) is 18.6. The van der Waals surface area contributed by atoms with Gasteiger partial charge in [-0.05, 0) is 75.8 Å². The molecule has 6 heterocycles. The number of esters is 1. The summed E-state index contributed by atoms with van der Waals surface area (Å²) in [5.41, 5.74) is 10.3. The third kappa shape index (κ3) is 9.19. The summed E-state index contributed by atoms with van der Waals surface area (Å²) in [6.07, 6.45) is 3.55. The van der Waals surface area contributed by atoms with Crippen molar-refractivity contribution >= 4 is 40.0 Å². The van der Waals surface area contributed by atoms with Crippen molar-refractivity contribution in [3.8, 4) is 34.4 Å². The lowest BCUT2D eigenvalue weighted by atomic mass is 9.84. The van der Waals surface area contributed by atoms with Gasteiger partial charge >= 0.3 is 5.97 Å². The van der Waals surface area contributed by atoms with Gasteiger partial charge in [-0.25, -0.2) is 10.4 Å². The van der Waals surface area contributed by atoms with Gasteiger partial charge in [0.05, 0.1) is 41.3 Å². The molecule has 4 aromatic rings. The highest BCUT2D eigenvalue weighted by atomic mass is 32.1. The molecule has 0 spiro atoms. The Morgan fingerprint density at radius 3 is 2.63 bits per heavy atom. The van der Waals surface area contributed by atoms with E-state index in [1.165, 1.54) is 16.3 Å². The van der Waals surface area contributed by atoms with Crippen LogP contribution in [-0.2, 0) is 43.2 Å². The van der Waals surface area contributed by atoms with Crippen molar-refractivity contribution in [3.63, 3.8) is 0 Å². The molecule has 330 valence electrons. The van der Waals surface area contributed by atoms with Crippen molar-refractivity contribution in [1.82, 2.24) is 40.1 Å². The SMILES string of the molecule is CCn1c(-c2cc(C#CCN3CCN(C)CC3)cnc2[C@H](C)OC)c2c3cc(ccc31)-c1csc(n1)C[C@H](NC(=O)C1[C@@H](C)[C@H]1C)C(=O)N1CCC[C@H](N1)C(=O)OCC(C)(C)C2. The van der Waals surface area contributed by atoms with E-state index >= 15 is 0 Å². The Hall–Kier alpha value is -4.65. The quantitative estimate of drug-likeness (QED) is 0.176. The molecule has 0 radical (unpaired) electrons. The Bertz CT molecular complexity index is 2380. The summed E-state index contributed by atoms with van der Waals surface area (Å²) in [5.74, 6) is 6.47. The first-order valence-corrected chi connectivity index (χ1v) is 23.2. The van der Waals surface area contributed by atoms with E-state index in [0.717, 1.165) is 81.4 Å². The van der Waals surface area contributed by atoms with Crippen molar-refractivity contribution in [1.29, 1.82) is 0 Å². The summed E-state index contributed by atoms with van der Waals surface area (Å²) < 4.78 is 14.4. The standard InChI is InChI=1S/C48H62N8O5S/c1-9-55-40-15-14-33-23-34(40)36(44(55)35-22-32(26-49-43(35)31(4)60-8)12-10-16-54-20-18-53(7)19-21-54)25-48(5,6)28-61-47(59)37-13-11-17-56(52-37)46(58)38(24-41-50-39(33)27-62-41)51-45(57)42-29(2)30(42)3/h14-15,22-23,26-27,29-31,37-38,42,52H,9,11,13,16-21,24-25,28H2,1-8H3,(H,51,57)/t29-,30+,31-,37-,38-,42?/m0/s1. The molecule has 62 heavy (non-hydrogen) atoms. The first-order valence-electron chi connectivity index (χ1n) is 22.3. The van der Waals surface area contributed by atoms with E-state index in [9.17, 15) is 14.4 Å². The summed E-state index contributed by atoms with van der Waals surface area (Å²) in [7, 11) is 3.87. The number of nitrogens with zero attached hydrogens (tertiary/aromatic N) is 6. The number of ether oxygens (including phenoxy) is 2. The minimum absolute atomic E-state index is 0.117. The summed E-state index contributed by atoms with van der Waals surface area (Å²) in [5, 5.41) is 8.44. The average molecular weight is 863 g/mol. The molecule has 14 heteroatoms. The number of hydrogen-bond donors (Lipinski definition) is 2. The number of rotatable bonds is 7. The minimum atomic E-state index is -0.846. The van der Waals surface area contributed by atoms with E-state index in [0.29, 0.717) is 38.9 Å². The second kappa shape index (κ2) is 18.2. The number of piperazine rings is 1. The number of hydrazine groups is 1. The Labute approximate surface area is 369 Å². The van der Waals surface area contributed by atoms with Crippen LogP contribution in [0.15, 0.2) is 35.8 Å². The van der Waals surface area contributed by atoms with Crippen LogP contribution >= 0.6 is 11.3 Å². The molecule has 3 aromatic heterocycles. The molecule has 3 aliphatic heterocycles. The Balaban J connectivity index is 1.23. The van der Waals surface area contributed by atoms with Crippen LogP contribution in [0.1, 0.15) is 82.3 Å². The lowest BCUT2D eigenvalue weighted by Gasteiger charge is -2.35. The zero-order valence-electron chi connectivity index (χ0n) is 37.5. The van der Waals surface area contributed by atoms with Gasteiger partial charge in [-0.3, -0.25) is 29.3 Å². The number of carbonyl (C=O) groups excluding carboxylic acids is 3. The van der Waals surface area contributed by atoms with Crippen molar-refractivity contribution < 1.29 is 23.9 Å². The van der Waals surface area contributed by atoms with E-state index < -0.39 is 23.5 Å². The number of cyclic esters (lactones) is 1. The van der Waals surface area contributed by atoms with Crippen molar-refractivity contribution in [2.45, 2.75) is 92.0 Å². The van der Waals surface area contributed by atoms with Gasteiger partial charge in [0.25, 0.3) is 5.91 Å². The normalized spacial score (nSPS) is 25.1. The van der Waals surface area contributed by atoms with Crippen LogP contribution in [0.4, 0.5) is 0 Å². The van der Waals surface area contributed by atoms with E-state index in [1.807, 2.05) is 18.5 Å². The number of pyridine rings is 1. The lowest BCUT2D eigenvalue weighted by Crippen LogP contribution is -2.60. The molecule has 1 aliphatic carbocycles. The van der Waals surface area contributed by atoms with Crippen molar-refractivity contribution in [2.75, 3.05) is 60.0 Å². The Kier molecular flexibility index (Phi) is 12.9. The molecule has 13 nitrogen and oxygen atoms in total. The second-order valence-electron chi connectivity index (χ2n) is 18.6. The van der Waals surface area contributed by atoms with E-state index in [4.69, 9.17) is 19.4 Å². The van der Waals surface area contributed by atoms with Crippen LogP contribution in [0.2, 0.25) is 0 Å². The van der Waals surface area contributed by atoms with Crippen molar-refractivity contribution in [3.05, 3.63) is 57.7 Å². The number of likely N-dealkylation sites (N-methyl/N-ethyl adjacent to an activating group) is 1. The highest BCUT2D eigenvalue weighted by Gasteiger charge is 2.49. The highest BCUT2D eigenvalue weighted by Crippen LogP contribution is 2.46. The van der Waals surface area contributed by atoms with Gasteiger partial charge in [0.15, 0.2) is 0 Å². The first kappa shape index (κ1) is 44.0. The Morgan fingerprint density at radius 1 is 1.13 bits per heavy atom. The zero-order valence-corrected chi connectivity index (χ0v) is 38.4. The van der Waals surface area contributed by atoms with Crippen molar-refractivity contribution in [2.24, 2.45) is 23.2 Å². The number of aryl methyl sites for hydroxylation is 1. The number of hydrogen-bond acceptors (Lipinski definition) is 11. The van der Waals surface area contributed by atoms with Gasteiger partial charge in [-0.15, -0.1) is 11.3 Å². The number of nitrogens with one attached hydrogen (secondary N) is 2. The van der Waals surface area contributed by atoms with Crippen LogP contribution in [-0.4, -0.2) is 119 Å². The summed E-state index contributed by atoms with van der Waals surface area (Å²) >= 11 is 1.49. The third-order valence-electron chi connectivity index (χ3n) is 13.5. The number of amides is 2.